The summed E-state index contributed by atoms with van der Waals surface area (Å²) in [6.07, 6.45) is 0. The first-order valence-electron chi connectivity index (χ1n) is 4.59. The first-order valence-corrected chi connectivity index (χ1v) is 4.59. The third-order valence-electron chi connectivity index (χ3n) is 1.98. The molecular formula is C10H9FN2O4. The van der Waals surface area contributed by atoms with Gasteiger partial charge in [0.1, 0.15) is 5.82 Å². The average molecular weight is 240 g/mol. The SMILES string of the molecule is CC(=O)NC(=O)c1cc([N+](=O)[O-])cc(C)c1F. The highest BCUT2D eigenvalue weighted by Crippen LogP contribution is 2.20. The highest BCUT2D eigenvalue weighted by atomic mass is 19.1. The summed E-state index contributed by atoms with van der Waals surface area (Å²) in [6, 6.07) is 1.81. The molecule has 0 spiro atoms. The number of hydrogen-bond donors (Lipinski definition) is 1. The van der Waals surface area contributed by atoms with Gasteiger partial charge in [-0.25, -0.2) is 4.39 Å². The minimum absolute atomic E-state index is 0.0343. The first kappa shape index (κ1) is 12.8. The number of amides is 2. The second-order valence-corrected chi connectivity index (χ2v) is 3.39. The van der Waals surface area contributed by atoms with Crippen LogP contribution in [-0.4, -0.2) is 16.7 Å². The maximum Gasteiger partial charge on any atom is 0.270 e. The molecule has 1 rings (SSSR count). The normalized spacial score (nSPS) is 9.82. The molecule has 90 valence electrons. The van der Waals surface area contributed by atoms with Crippen LogP contribution in [0, 0.1) is 22.9 Å². The minimum atomic E-state index is -0.998. The van der Waals surface area contributed by atoms with Gasteiger partial charge in [-0.2, -0.15) is 0 Å². The Morgan fingerprint density at radius 2 is 2.00 bits per heavy atom. The fourth-order valence-corrected chi connectivity index (χ4v) is 1.25. The molecule has 0 aliphatic rings. The zero-order chi connectivity index (χ0) is 13.2. The molecule has 6 nitrogen and oxygen atoms in total. The molecule has 1 N–H and O–H groups in total. The van der Waals surface area contributed by atoms with Crippen LogP contribution < -0.4 is 5.32 Å². The molecular weight excluding hydrogens is 231 g/mol. The summed E-state index contributed by atoms with van der Waals surface area (Å²) in [6.45, 7) is 2.38. The van der Waals surface area contributed by atoms with Crippen LogP contribution in [0.3, 0.4) is 0 Å². The van der Waals surface area contributed by atoms with Crippen molar-refractivity contribution in [2.75, 3.05) is 0 Å². The number of aryl methyl sites for hydroxylation is 1. The van der Waals surface area contributed by atoms with E-state index in [2.05, 4.69) is 0 Å². The number of hydrogen-bond acceptors (Lipinski definition) is 4. The largest absolute Gasteiger partial charge is 0.292 e. The highest BCUT2D eigenvalue weighted by molar-refractivity contribution is 6.04. The number of nitrogens with zero attached hydrogens (tertiary/aromatic N) is 1. The molecule has 2 amide bonds. The van der Waals surface area contributed by atoms with Gasteiger partial charge >= 0.3 is 0 Å². The Bertz CT molecular complexity index is 513. The van der Waals surface area contributed by atoms with Crippen molar-refractivity contribution >= 4 is 17.5 Å². The van der Waals surface area contributed by atoms with Gasteiger partial charge in [0.25, 0.3) is 11.6 Å². The average Bonchev–Trinajstić information content (AvgIpc) is 2.20. The van der Waals surface area contributed by atoms with E-state index in [0.717, 1.165) is 19.1 Å². The lowest BCUT2D eigenvalue weighted by Crippen LogP contribution is -2.29. The second kappa shape index (κ2) is 4.69. The predicted octanol–water partition coefficient (Wildman–Crippen LogP) is 1.32. The molecule has 0 radical (unpaired) electrons. The maximum atomic E-state index is 13.6. The Morgan fingerprint density at radius 1 is 1.41 bits per heavy atom. The lowest BCUT2D eigenvalue weighted by Gasteiger charge is -2.05. The third-order valence-corrected chi connectivity index (χ3v) is 1.98. The number of halogens is 1. The van der Waals surface area contributed by atoms with E-state index in [4.69, 9.17) is 0 Å². The monoisotopic (exact) mass is 240 g/mol. The standard InChI is InChI=1S/C10H9FN2O4/c1-5-3-7(13(16)17)4-8(9(5)11)10(15)12-6(2)14/h3-4H,1-2H3,(H,12,14,15). The van der Waals surface area contributed by atoms with Crippen LogP contribution in [0.4, 0.5) is 10.1 Å². The zero-order valence-electron chi connectivity index (χ0n) is 9.11. The lowest BCUT2D eigenvalue weighted by molar-refractivity contribution is -0.385. The molecule has 17 heavy (non-hydrogen) atoms. The number of imide groups is 1. The maximum absolute atomic E-state index is 13.6. The lowest BCUT2D eigenvalue weighted by atomic mass is 10.1. The molecule has 1 aromatic rings. The Labute approximate surface area is 95.6 Å². The van der Waals surface area contributed by atoms with Crippen molar-refractivity contribution in [2.24, 2.45) is 0 Å². The Balaban J connectivity index is 3.27. The molecule has 0 aliphatic carbocycles. The Hall–Kier alpha value is -2.31. The van der Waals surface area contributed by atoms with E-state index >= 15 is 0 Å². The molecule has 0 unspecified atom stereocenters. The summed E-state index contributed by atoms with van der Waals surface area (Å²) < 4.78 is 13.6. The topological polar surface area (TPSA) is 89.3 Å². The molecule has 1 aromatic carbocycles. The van der Waals surface area contributed by atoms with Gasteiger partial charge < -0.3 is 0 Å². The van der Waals surface area contributed by atoms with Crippen LogP contribution in [0.2, 0.25) is 0 Å². The van der Waals surface area contributed by atoms with Gasteiger partial charge in [0.15, 0.2) is 0 Å². The second-order valence-electron chi connectivity index (χ2n) is 3.39. The molecule has 7 heteroatoms. The molecule has 0 saturated heterocycles. The number of carbonyl (C=O) groups is 2. The minimum Gasteiger partial charge on any atom is -0.292 e. The Kier molecular flexibility index (Phi) is 3.52. The number of non-ortho nitro benzene ring substituents is 1. The van der Waals surface area contributed by atoms with Crippen LogP contribution in [0.5, 0.6) is 0 Å². The summed E-state index contributed by atoms with van der Waals surface area (Å²) in [5.74, 6) is -2.55. The number of nitro groups is 1. The zero-order valence-corrected chi connectivity index (χ0v) is 9.11. The number of nitrogens with one attached hydrogen (secondary N) is 1. The van der Waals surface area contributed by atoms with Crippen molar-refractivity contribution in [2.45, 2.75) is 13.8 Å². The summed E-state index contributed by atoms with van der Waals surface area (Å²) in [4.78, 5) is 31.9. The van der Waals surface area contributed by atoms with E-state index < -0.39 is 33.8 Å². The number of nitro benzene ring substituents is 1. The van der Waals surface area contributed by atoms with Crippen LogP contribution >= 0.6 is 0 Å². The van der Waals surface area contributed by atoms with Gasteiger partial charge in [0.05, 0.1) is 10.5 Å². The number of rotatable bonds is 2. The van der Waals surface area contributed by atoms with E-state index in [1.165, 1.54) is 6.92 Å². The summed E-state index contributed by atoms with van der Waals surface area (Å²) in [5, 5.41) is 12.4. The van der Waals surface area contributed by atoms with E-state index in [1.807, 2.05) is 5.32 Å². The third kappa shape index (κ3) is 2.83. The van der Waals surface area contributed by atoms with Crippen molar-refractivity contribution < 1.29 is 18.9 Å². The van der Waals surface area contributed by atoms with Crippen LogP contribution in [0.15, 0.2) is 12.1 Å². The van der Waals surface area contributed by atoms with Crippen molar-refractivity contribution in [1.82, 2.24) is 5.32 Å². The van der Waals surface area contributed by atoms with Crippen molar-refractivity contribution in [3.8, 4) is 0 Å². The van der Waals surface area contributed by atoms with E-state index in [9.17, 15) is 24.1 Å². The van der Waals surface area contributed by atoms with E-state index in [1.54, 1.807) is 0 Å². The van der Waals surface area contributed by atoms with Gasteiger partial charge in [-0.15, -0.1) is 0 Å². The quantitative estimate of drug-likeness (QED) is 0.623. The van der Waals surface area contributed by atoms with Crippen molar-refractivity contribution in [3.63, 3.8) is 0 Å². The van der Waals surface area contributed by atoms with Crippen molar-refractivity contribution in [1.29, 1.82) is 0 Å². The van der Waals surface area contributed by atoms with E-state index in [-0.39, 0.29) is 5.56 Å². The molecule has 0 saturated carbocycles. The summed E-state index contributed by atoms with van der Waals surface area (Å²) >= 11 is 0. The fourth-order valence-electron chi connectivity index (χ4n) is 1.25. The van der Waals surface area contributed by atoms with Gasteiger partial charge in [0, 0.05) is 19.1 Å². The molecule has 0 aromatic heterocycles. The first-order chi connectivity index (χ1) is 7.82. The molecule has 0 bridgehead atoms. The van der Waals surface area contributed by atoms with Gasteiger partial charge in [-0.3, -0.25) is 25.0 Å². The van der Waals surface area contributed by atoms with Gasteiger partial charge in [-0.1, -0.05) is 0 Å². The molecule has 0 heterocycles. The van der Waals surface area contributed by atoms with Crippen LogP contribution in [0.25, 0.3) is 0 Å². The van der Waals surface area contributed by atoms with Crippen LogP contribution in [-0.2, 0) is 4.79 Å². The summed E-state index contributed by atoms with van der Waals surface area (Å²) in [5.41, 5.74) is -0.961. The molecule has 0 fully saturated rings. The van der Waals surface area contributed by atoms with Crippen molar-refractivity contribution in [3.05, 3.63) is 39.2 Å². The smallest absolute Gasteiger partial charge is 0.270 e. The van der Waals surface area contributed by atoms with Crippen LogP contribution in [0.1, 0.15) is 22.8 Å². The van der Waals surface area contributed by atoms with E-state index in [0.29, 0.717) is 0 Å². The number of benzene rings is 1. The Morgan fingerprint density at radius 3 is 2.47 bits per heavy atom. The van der Waals surface area contributed by atoms with Gasteiger partial charge in [-0.05, 0) is 12.5 Å². The predicted molar refractivity (Wildman–Crippen MR) is 55.9 cm³/mol. The number of carbonyl (C=O) groups excluding carboxylic acids is 2. The van der Waals surface area contributed by atoms with Gasteiger partial charge in [0.2, 0.25) is 5.91 Å². The fraction of sp³-hybridized carbons (Fsp3) is 0.200. The molecule has 0 aliphatic heterocycles. The summed E-state index contributed by atoms with van der Waals surface area (Å²) in [7, 11) is 0. The highest BCUT2D eigenvalue weighted by Gasteiger charge is 2.20. The molecule has 0 atom stereocenters.